The van der Waals surface area contributed by atoms with E-state index in [1.165, 1.54) is 0 Å². The van der Waals surface area contributed by atoms with Crippen LogP contribution in [0.2, 0.25) is 5.02 Å². The molecule has 0 saturated carbocycles. The van der Waals surface area contributed by atoms with Gasteiger partial charge in [-0.25, -0.2) is 9.97 Å². The predicted octanol–water partition coefficient (Wildman–Crippen LogP) is 1.50. The van der Waals surface area contributed by atoms with Crippen molar-refractivity contribution in [1.82, 2.24) is 19.9 Å². The number of halogens is 1. The van der Waals surface area contributed by atoms with Crippen molar-refractivity contribution < 1.29 is 9.90 Å². The molecule has 0 radical (unpaired) electrons. The van der Waals surface area contributed by atoms with Crippen molar-refractivity contribution in [3.8, 4) is 11.4 Å². The van der Waals surface area contributed by atoms with Crippen molar-refractivity contribution in [3.63, 3.8) is 0 Å². The highest BCUT2D eigenvalue weighted by atomic mass is 35.5. The molecule has 0 saturated heterocycles. The molecule has 0 aliphatic rings. The second-order valence-corrected chi connectivity index (χ2v) is 8.33. The van der Waals surface area contributed by atoms with E-state index in [9.17, 15) is 9.90 Å². The first-order valence-electron chi connectivity index (χ1n) is 9.65. The van der Waals surface area contributed by atoms with Crippen LogP contribution in [0.3, 0.4) is 0 Å². The van der Waals surface area contributed by atoms with Gasteiger partial charge in [0.05, 0.1) is 35.0 Å². The summed E-state index contributed by atoms with van der Waals surface area (Å²) in [5.74, 6) is -0.625. The SMILES string of the molecule is Cn1cncc1-c1cc(CN[C@@H](C(N)=O)C(C)(C)O)c2cc(CCN)c(Cl)cc2n1. The first kappa shape index (κ1) is 22.2. The lowest BCUT2D eigenvalue weighted by atomic mass is 9.97. The number of aryl methyl sites for hydroxylation is 1. The second-order valence-electron chi connectivity index (χ2n) is 7.93. The maximum atomic E-state index is 11.9. The zero-order valence-corrected chi connectivity index (χ0v) is 18.1. The normalized spacial score (nSPS) is 13.0. The average molecular weight is 431 g/mol. The van der Waals surface area contributed by atoms with Gasteiger partial charge in [0.2, 0.25) is 5.91 Å². The van der Waals surface area contributed by atoms with E-state index >= 15 is 0 Å². The number of aromatic nitrogens is 3. The summed E-state index contributed by atoms with van der Waals surface area (Å²) in [4.78, 5) is 20.8. The molecule has 160 valence electrons. The molecule has 1 aromatic carbocycles. The maximum absolute atomic E-state index is 11.9. The summed E-state index contributed by atoms with van der Waals surface area (Å²) in [5.41, 5.74) is 14.0. The van der Waals surface area contributed by atoms with E-state index in [1.807, 2.05) is 29.8 Å². The fraction of sp³-hybridized carbons (Fsp3) is 0.381. The van der Waals surface area contributed by atoms with Crippen LogP contribution < -0.4 is 16.8 Å². The molecule has 2 heterocycles. The third-order valence-electron chi connectivity index (χ3n) is 5.04. The molecule has 0 spiro atoms. The maximum Gasteiger partial charge on any atom is 0.237 e. The number of hydrogen-bond acceptors (Lipinski definition) is 6. The summed E-state index contributed by atoms with van der Waals surface area (Å²) in [7, 11) is 1.89. The number of nitrogens with one attached hydrogen (secondary N) is 1. The highest BCUT2D eigenvalue weighted by Gasteiger charge is 2.31. The van der Waals surface area contributed by atoms with Crippen LogP contribution in [-0.2, 0) is 24.8 Å². The number of amides is 1. The Kier molecular flexibility index (Phi) is 6.42. The molecule has 9 heteroatoms. The Morgan fingerprint density at radius 2 is 2.07 bits per heavy atom. The van der Waals surface area contributed by atoms with Gasteiger partial charge in [-0.1, -0.05) is 11.6 Å². The Balaban J connectivity index is 2.12. The van der Waals surface area contributed by atoms with Crippen LogP contribution in [0.4, 0.5) is 0 Å². The number of imidazole rings is 1. The summed E-state index contributed by atoms with van der Waals surface area (Å²) in [5, 5.41) is 14.9. The minimum Gasteiger partial charge on any atom is -0.388 e. The Bertz CT molecular complexity index is 1070. The summed E-state index contributed by atoms with van der Waals surface area (Å²) in [6, 6.07) is 4.82. The molecule has 3 aromatic rings. The molecule has 0 fully saturated rings. The number of benzene rings is 1. The number of primary amides is 1. The van der Waals surface area contributed by atoms with E-state index in [0.29, 0.717) is 24.5 Å². The van der Waals surface area contributed by atoms with Crippen LogP contribution in [0.1, 0.15) is 25.0 Å². The number of carbonyl (C=O) groups excluding carboxylic acids is 1. The molecule has 30 heavy (non-hydrogen) atoms. The molecule has 0 bridgehead atoms. The molecule has 3 rings (SSSR count). The number of hydrogen-bond donors (Lipinski definition) is 4. The Morgan fingerprint density at radius 1 is 1.33 bits per heavy atom. The molecule has 0 aliphatic carbocycles. The number of nitrogens with zero attached hydrogens (tertiary/aromatic N) is 3. The van der Waals surface area contributed by atoms with Gasteiger partial charge in [-0.15, -0.1) is 0 Å². The van der Waals surface area contributed by atoms with Crippen molar-refractivity contribution in [1.29, 1.82) is 0 Å². The van der Waals surface area contributed by atoms with Gasteiger partial charge in [0, 0.05) is 24.0 Å². The Morgan fingerprint density at radius 3 is 2.63 bits per heavy atom. The van der Waals surface area contributed by atoms with Crippen molar-refractivity contribution >= 4 is 28.4 Å². The van der Waals surface area contributed by atoms with E-state index in [2.05, 4.69) is 10.3 Å². The quantitative estimate of drug-likeness (QED) is 0.428. The summed E-state index contributed by atoms with van der Waals surface area (Å²) >= 11 is 6.45. The van der Waals surface area contributed by atoms with Gasteiger partial charge in [0.1, 0.15) is 6.04 Å². The van der Waals surface area contributed by atoms with Gasteiger partial charge in [-0.2, -0.15) is 0 Å². The third kappa shape index (κ3) is 4.62. The van der Waals surface area contributed by atoms with Gasteiger partial charge in [-0.05, 0) is 56.1 Å². The molecule has 0 aliphatic heterocycles. The Hall–Kier alpha value is -2.52. The molecule has 2 aromatic heterocycles. The molecular formula is C21H27ClN6O2. The number of carbonyl (C=O) groups is 1. The van der Waals surface area contributed by atoms with Crippen LogP contribution in [0.25, 0.3) is 22.3 Å². The summed E-state index contributed by atoms with van der Waals surface area (Å²) < 4.78 is 1.87. The van der Waals surface area contributed by atoms with Crippen molar-refractivity contribution in [2.45, 2.75) is 38.5 Å². The van der Waals surface area contributed by atoms with E-state index in [0.717, 1.165) is 33.4 Å². The lowest BCUT2D eigenvalue weighted by Crippen LogP contribution is -2.54. The van der Waals surface area contributed by atoms with Gasteiger partial charge >= 0.3 is 0 Å². The number of rotatable bonds is 8. The van der Waals surface area contributed by atoms with Crippen LogP contribution in [-0.4, -0.2) is 43.7 Å². The highest BCUT2D eigenvalue weighted by molar-refractivity contribution is 6.32. The number of fused-ring (bicyclic) bond motifs is 1. The van der Waals surface area contributed by atoms with Crippen molar-refractivity contribution in [2.75, 3.05) is 6.54 Å². The van der Waals surface area contributed by atoms with Gasteiger partial charge in [-0.3, -0.25) is 10.1 Å². The Labute approximate surface area is 180 Å². The van der Waals surface area contributed by atoms with Gasteiger partial charge < -0.3 is 21.1 Å². The standard InChI is InChI=1S/C21H27ClN6O2/c1-21(2,30)19(20(24)29)26-9-13-7-17(18-10-25-11-28(18)3)27-16-8-15(22)12(4-5-23)6-14(13)16/h6-8,10-11,19,26,30H,4-5,9,23H2,1-3H3,(H2,24,29)/t19-/m0/s1. The minimum absolute atomic E-state index is 0.297. The smallest absolute Gasteiger partial charge is 0.237 e. The van der Waals surface area contributed by atoms with Crippen molar-refractivity contribution in [3.05, 3.63) is 46.9 Å². The van der Waals surface area contributed by atoms with Crippen LogP contribution in [0.5, 0.6) is 0 Å². The highest BCUT2D eigenvalue weighted by Crippen LogP contribution is 2.29. The van der Waals surface area contributed by atoms with E-state index in [-0.39, 0.29) is 0 Å². The minimum atomic E-state index is -1.31. The fourth-order valence-corrected chi connectivity index (χ4v) is 3.75. The first-order chi connectivity index (χ1) is 14.1. The average Bonchev–Trinajstić information content (AvgIpc) is 3.07. The number of nitrogens with two attached hydrogens (primary N) is 2. The second kappa shape index (κ2) is 8.69. The van der Waals surface area contributed by atoms with Crippen LogP contribution >= 0.6 is 11.6 Å². The van der Waals surface area contributed by atoms with Crippen LogP contribution in [0, 0.1) is 0 Å². The number of aliphatic hydroxyl groups is 1. The van der Waals surface area contributed by atoms with Gasteiger partial charge in [0.25, 0.3) is 0 Å². The number of pyridine rings is 1. The molecule has 8 nitrogen and oxygen atoms in total. The molecule has 1 amide bonds. The van der Waals surface area contributed by atoms with Crippen LogP contribution in [0.15, 0.2) is 30.7 Å². The fourth-order valence-electron chi connectivity index (χ4n) is 3.50. The van der Waals surface area contributed by atoms with Gasteiger partial charge in [0.15, 0.2) is 0 Å². The molecular weight excluding hydrogens is 404 g/mol. The summed E-state index contributed by atoms with van der Waals surface area (Å²) in [6.07, 6.45) is 4.07. The van der Waals surface area contributed by atoms with E-state index < -0.39 is 17.6 Å². The molecule has 0 unspecified atom stereocenters. The molecule has 1 atom stereocenters. The van der Waals surface area contributed by atoms with E-state index in [4.69, 9.17) is 28.1 Å². The third-order valence-corrected chi connectivity index (χ3v) is 5.39. The van der Waals surface area contributed by atoms with E-state index in [1.54, 1.807) is 26.4 Å². The topological polar surface area (TPSA) is 132 Å². The summed E-state index contributed by atoms with van der Waals surface area (Å²) in [6.45, 7) is 3.85. The first-order valence-corrected chi connectivity index (χ1v) is 10.0. The zero-order chi connectivity index (χ0) is 22.1. The van der Waals surface area contributed by atoms with Crippen molar-refractivity contribution in [2.24, 2.45) is 18.5 Å². The monoisotopic (exact) mass is 430 g/mol. The zero-order valence-electron chi connectivity index (χ0n) is 17.3. The predicted molar refractivity (Wildman–Crippen MR) is 118 cm³/mol. The lowest BCUT2D eigenvalue weighted by molar-refractivity contribution is -0.125. The largest absolute Gasteiger partial charge is 0.388 e. The lowest BCUT2D eigenvalue weighted by Gasteiger charge is -2.27. The molecule has 6 N–H and O–H groups in total.